The Morgan fingerprint density at radius 2 is 1.67 bits per heavy atom. The van der Waals surface area contributed by atoms with Crippen LogP contribution in [0.25, 0.3) is 0 Å². The van der Waals surface area contributed by atoms with Crippen molar-refractivity contribution >= 4 is 11.8 Å². The number of aryl methyl sites for hydroxylation is 1. The summed E-state index contributed by atoms with van der Waals surface area (Å²) in [5.41, 5.74) is 1.90. The van der Waals surface area contributed by atoms with Crippen molar-refractivity contribution in [2.45, 2.75) is 70.5 Å². The van der Waals surface area contributed by atoms with Gasteiger partial charge in [0.25, 0.3) is 0 Å². The average Bonchev–Trinajstić information content (AvgIpc) is 2.78. The quantitative estimate of drug-likeness (QED) is 0.690. The van der Waals surface area contributed by atoms with Gasteiger partial charge in [-0.3, -0.25) is 9.59 Å². The van der Waals surface area contributed by atoms with Crippen LogP contribution in [0.5, 0.6) is 0 Å². The zero-order valence-electron chi connectivity index (χ0n) is 17.6. The SMILES string of the molecule is CC(C(=O)NC1CCCCC1)N(Cc1ccc(F)cc1)C(=O)CCc1ccccc1. The lowest BCUT2D eigenvalue weighted by Crippen LogP contribution is -2.50. The molecular formula is C25H31FN2O2. The minimum Gasteiger partial charge on any atom is -0.352 e. The number of rotatable bonds is 8. The zero-order chi connectivity index (χ0) is 21.3. The first kappa shape index (κ1) is 22.0. The maximum absolute atomic E-state index is 13.3. The molecule has 30 heavy (non-hydrogen) atoms. The third-order valence-electron chi connectivity index (χ3n) is 5.86. The van der Waals surface area contributed by atoms with Gasteiger partial charge in [-0.2, -0.15) is 0 Å². The highest BCUT2D eigenvalue weighted by molar-refractivity contribution is 5.87. The van der Waals surface area contributed by atoms with E-state index in [0.717, 1.165) is 36.8 Å². The lowest BCUT2D eigenvalue weighted by molar-refractivity contribution is -0.141. The minimum absolute atomic E-state index is 0.0746. The van der Waals surface area contributed by atoms with Gasteiger partial charge in [-0.1, -0.05) is 61.7 Å². The van der Waals surface area contributed by atoms with E-state index in [-0.39, 0.29) is 30.2 Å². The zero-order valence-corrected chi connectivity index (χ0v) is 17.6. The van der Waals surface area contributed by atoms with Gasteiger partial charge in [-0.05, 0) is 49.4 Å². The highest BCUT2D eigenvalue weighted by Crippen LogP contribution is 2.19. The summed E-state index contributed by atoms with van der Waals surface area (Å²) in [5, 5.41) is 3.13. The van der Waals surface area contributed by atoms with Crippen molar-refractivity contribution in [1.82, 2.24) is 10.2 Å². The van der Waals surface area contributed by atoms with Gasteiger partial charge in [0.2, 0.25) is 11.8 Å². The topological polar surface area (TPSA) is 49.4 Å². The molecule has 0 radical (unpaired) electrons. The van der Waals surface area contributed by atoms with E-state index >= 15 is 0 Å². The average molecular weight is 411 g/mol. The van der Waals surface area contributed by atoms with Crippen molar-refractivity contribution in [2.75, 3.05) is 0 Å². The van der Waals surface area contributed by atoms with Crippen LogP contribution in [0.15, 0.2) is 54.6 Å². The molecule has 1 aliphatic carbocycles. The monoisotopic (exact) mass is 410 g/mol. The Hall–Kier alpha value is -2.69. The molecule has 1 N–H and O–H groups in total. The number of nitrogens with zero attached hydrogens (tertiary/aromatic N) is 1. The van der Waals surface area contributed by atoms with E-state index < -0.39 is 6.04 Å². The molecule has 0 aliphatic heterocycles. The molecule has 2 aromatic rings. The molecule has 1 atom stereocenters. The third kappa shape index (κ3) is 6.41. The number of carbonyl (C=O) groups is 2. The number of halogens is 1. The third-order valence-corrected chi connectivity index (χ3v) is 5.86. The Balaban J connectivity index is 1.68. The number of benzene rings is 2. The van der Waals surface area contributed by atoms with Gasteiger partial charge in [-0.25, -0.2) is 4.39 Å². The minimum atomic E-state index is -0.583. The van der Waals surface area contributed by atoms with E-state index in [9.17, 15) is 14.0 Å². The first-order valence-electron chi connectivity index (χ1n) is 10.9. The molecule has 2 amide bonds. The number of carbonyl (C=O) groups excluding carboxylic acids is 2. The van der Waals surface area contributed by atoms with Crippen LogP contribution in [0.4, 0.5) is 4.39 Å². The molecule has 3 rings (SSSR count). The van der Waals surface area contributed by atoms with Crippen molar-refractivity contribution in [3.05, 3.63) is 71.5 Å². The molecule has 1 unspecified atom stereocenters. The van der Waals surface area contributed by atoms with E-state index in [1.807, 2.05) is 30.3 Å². The number of hydrogen-bond acceptors (Lipinski definition) is 2. The summed E-state index contributed by atoms with van der Waals surface area (Å²) in [7, 11) is 0. The summed E-state index contributed by atoms with van der Waals surface area (Å²) in [6, 6.07) is 15.6. The van der Waals surface area contributed by atoms with Gasteiger partial charge in [0, 0.05) is 19.0 Å². The van der Waals surface area contributed by atoms with Gasteiger partial charge in [0.1, 0.15) is 11.9 Å². The normalized spacial score (nSPS) is 15.4. The van der Waals surface area contributed by atoms with Gasteiger partial charge in [0.05, 0.1) is 0 Å². The molecule has 0 bridgehead atoms. The number of hydrogen-bond donors (Lipinski definition) is 1. The molecule has 1 fully saturated rings. The van der Waals surface area contributed by atoms with E-state index in [2.05, 4.69) is 5.32 Å². The van der Waals surface area contributed by atoms with Gasteiger partial charge < -0.3 is 10.2 Å². The van der Waals surface area contributed by atoms with Crippen LogP contribution in [0.1, 0.15) is 56.6 Å². The Morgan fingerprint density at radius 1 is 1.00 bits per heavy atom. The maximum atomic E-state index is 13.3. The second kappa shape index (κ2) is 10.9. The van der Waals surface area contributed by atoms with E-state index in [0.29, 0.717) is 12.8 Å². The molecule has 1 saturated carbocycles. The van der Waals surface area contributed by atoms with Crippen LogP contribution in [0.3, 0.4) is 0 Å². The van der Waals surface area contributed by atoms with Crippen LogP contribution in [0.2, 0.25) is 0 Å². The summed E-state index contributed by atoms with van der Waals surface area (Å²) in [4.78, 5) is 27.6. The molecule has 0 heterocycles. The first-order valence-corrected chi connectivity index (χ1v) is 10.9. The van der Waals surface area contributed by atoms with Crippen LogP contribution in [-0.4, -0.2) is 28.8 Å². The van der Waals surface area contributed by atoms with Gasteiger partial charge in [0.15, 0.2) is 0 Å². The van der Waals surface area contributed by atoms with Crippen molar-refractivity contribution in [1.29, 1.82) is 0 Å². The summed E-state index contributed by atoms with van der Waals surface area (Å²) < 4.78 is 13.3. The molecule has 5 heteroatoms. The standard InChI is InChI=1S/C25H31FN2O2/c1-19(25(30)27-23-10-6-3-7-11-23)28(18-21-12-15-22(26)16-13-21)24(29)17-14-20-8-4-2-5-9-20/h2,4-5,8-9,12-13,15-16,19,23H,3,6-7,10-11,14,17-18H2,1H3,(H,27,30). The number of amides is 2. The molecule has 1 aliphatic rings. The molecule has 2 aromatic carbocycles. The lowest BCUT2D eigenvalue weighted by atomic mass is 9.95. The van der Waals surface area contributed by atoms with E-state index in [4.69, 9.17) is 0 Å². The Bertz CT molecular complexity index is 817. The lowest BCUT2D eigenvalue weighted by Gasteiger charge is -2.31. The van der Waals surface area contributed by atoms with Crippen LogP contribution in [-0.2, 0) is 22.6 Å². The molecule has 0 aromatic heterocycles. The van der Waals surface area contributed by atoms with Crippen LogP contribution in [0, 0.1) is 5.82 Å². The Labute approximate surface area is 178 Å². The fraction of sp³-hybridized carbons (Fsp3) is 0.440. The van der Waals surface area contributed by atoms with Crippen LogP contribution >= 0.6 is 0 Å². The van der Waals surface area contributed by atoms with Gasteiger partial charge in [-0.15, -0.1) is 0 Å². The summed E-state index contributed by atoms with van der Waals surface area (Å²) in [5.74, 6) is -0.504. The highest BCUT2D eigenvalue weighted by Gasteiger charge is 2.27. The van der Waals surface area contributed by atoms with E-state index in [1.165, 1.54) is 18.6 Å². The molecule has 4 nitrogen and oxygen atoms in total. The second-order valence-electron chi connectivity index (χ2n) is 8.15. The highest BCUT2D eigenvalue weighted by atomic mass is 19.1. The molecule has 0 spiro atoms. The maximum Gasteiger partial charge on any atom is 0.242 e. The summed E-state index contributed by atoms with van der Waals surface area (Å²) in [6.07, 6.45) is 6.43. The Kier molecular flexibility index (Phi) is 8.00. The van der Waals surface area contributed by atoms with Crippen LogP contribution < -0.4 is 5.32 Å². The Morgan fingerprint density at radius 3 is 2.33 bits per heavy atom. The fourth-order valence-electron chi connectivity index (χ4n) is 3.98. The molecular weight excluding hydrogens is 379 g/mol. The second-order valence-corrected chi connectivity index (χ2v) is 8.15. The smallest absolute Gasteiger partial charge is 0.242 e. The van der Waals surface area contributed by atoms with Crippen molar-refractivity contribution in [2.24, 2.45) is 0 Å². The van der Waals surface area contributed by atoms with Gasteiger partial charge >= 0.3 is 0 Å². The van der Waals surface area contributed by atoms with Crippen molar-refractivity contribution < 1.29 is 14.0 Å². The first-order chi connectivity index (χ1) is 14.5. The summed E-state index contributed by atoms with van der Waals surface area (Å²) in [6.45, 7) is 2.06. The molecule has 160 valence electrons. The predicted octanol–water partition coefficient (Wildman–Crippen LogP) is 4.62. The largest absolute Gasteiger partial charge is 0.352 e. The van der Waals surface area contributed by atoms with Crippen molar-refractivity contribution in [3.63, 3.8) is 0 Å². The summed E-state index contributed by atoms with van der Waals surface area (Å²) >= 11 is 0. The molecule has 0 saturated heterocycles. The van der Waals surface area contributed by atoms with Crippen molar-refractivity contribution in [3.8, 4) is 0 Å². The fourth-order valence-corrected chi connectivity index (χ4v) is 3.98. The predicted molar refractivity (Wildman–Crippen MR) is 116 cm³/mol. The number of nitrogens with one attached hydrogen (secondary N) is 1. The van der Waals surface area contributed by atoms with E-state index in [1.54, 1.807) is 24.0 Å².